The van der Waals surface area contributed by atoms with E-state index in [1.807, 2.05) is 0 Å². The van der Waals surface area contributed by atoms with Crippen LogP contribution in [0.25, 0.3) is 0 Å². The molecule has 0 amide bonds. The largest absolute Gasteiger partial charge is 0.151 e. The SMILES string of the molecule is CCCCC(CC)C(CC(C)C)N=O. The Hall–Kier alpha value is -0.400. The zero-order valence-corrected chi connectivity index (χ0v) is 10.1. The minimum Gasteiger partial charge on any atom is -0.151 e. The maximum atomic E-state index is 10.8. The third kappa shape index (κ3) is 5.36. The lowest BCUT2D eigenvalue weighted by molar-refractivity contribution is 0.328. The lowest BCUT2D eigenvalue weighted by Gasteiger charge is -2.21. The van der Waals surface area contributed by atoms with Crippen LogP contribution >= 0.6 is 0 Å². The Labute approximate surface area is 88.4 Å². The van der Waals surface area contributed by atoms with Crippen LogP contribution in [0.1, 0.15) is 59.8 Å². The summed E-state index contributed by atoms with van der Waals surface area (Å²) in [4.78, 5) is 10.8. The Balaban J connectivity index is 4.07. The molecular weight excluding hydrogens is 174 g/mol. The number of hydrogen-bond donors (Lipinski definition) is 0. The Kier molecular flexibility index (Phi) is 7.73. The van der Waals surface area contributed by atoms with E-state index in [0.717, 1.165) is 19.3 Å². The Morgan fingerprint density at radius 2 is 1.86 bits per heavy atom. The zero-order chi connectivity index (χ0) is 11.0. The minimum absolute atomic E-state index is 0.0477. The second kappa shape index (κ2) is 7.95. The lowest BCUT2D eigenvalue weighted by Crippen LogP contribution is -2.19. The van der Waals surface area contributed by atoms with E-state index in [2.05, 4.69) is 32.9 Å². The molecule has 0 rings (SSSR count). The van der Waals surface area contributed by atoms with E-state index in [0.29, 0.717) is 11.8 Å². The van der Waals surface area contributed by atoms with Crippen molar-refractivity contribution >= 4 is 0 Å². The number of nitroso groups, excluding NO2 is 1. The molecule has 0 aromatic rings. The quantitative estimate of drug-likeness (QED) is 0.533. The molecule has 0 fully saturated rings. The first-order chi connectivity index (χ1) is 6.65. The molecule has 0 N–H and O–H groups in total. The fraction of sp³-hybridized carbons (Fsp3) is 1.00. The number of hydrogen-bond acceptors (Lipinski definition) is 2. The normalized spacial score (nSPS) is 15.5. The minimum atomic E-state index is 0.0477. The summed E-state index contributed by atoms with van der Waals surface area (Å²) in [6.45, 7) is 8.67. The van der Waals surface area contributed by atoms with Gasteiger partial charge in [0.15, 0.2) is 0 Å². The van der Waals surface area contributed by atoms with Gasteiger partial charge in [0.1, 0.15) is 0 Å². The van der Waals surface area contributed by atoms with E-state index in [-0.39, 0.29) is 6.04 Å². The van der Waals surface area contributed by atoms with Gasteiger partial charge in [-0.3, -0.25) is 0 Å². The Morgan fingerprint density at radius 3 is 2.21 bits per heavy atom. The van der Waals surface area contributed by atoms with E-state index in [1.54, 1.807) is 0 Å². The van der Waals surface area contributed by atoms with Gasteiger partial charge in [-0.25, -0.2) is 0 Å². The van der Waals surface area contributed by atoms with E-state index in [1.165, 1.54) is 12.8 Å². The molecule has 14 heavy (non-hydrogen) atoms. The molecule has 84 valence electrons. The average molecular weight is 199 g/mol. The van der Waals surface area contributed by atoms with Crippen molar-refractivity contribution in [2.75, 3.05) is 0 Å². The topological polar surface area (TPSA) is 29.4 Å². The third-order valence-corrected chi connectivity index (χ3v) is 2.85. The van der Waals surface area contributed by atoms with Gasteiger partial charge >= 0.3 is 0 Å². The summed E-state index contributed by atoms with van der Waals surface area (Å²) in [6, 6.07) is 0.0477. The van der Waals surface area contributed by atoms with Gasteiger partial charge in [-0.2, -0.15) is 4.91 Å². The predicted molar refractivity (Wildman–Crippen MR) is 62.3 cm³/mol. The summed E-state index contributed by atoms with van der Waals surface area (Å²) < 4.78 is 0. The highest BCUT2D eigenvalue weighted by Gasteiger charge is 2.21. The molecule has 0 saturated carbocycles. The molecule has 0 aliphatic heterocycles. The summed E-state index contributed by atoms with van der Waals surface area (Å²) in [5.74, 6) is 1.09. The van der Waals surface area contributed by atoms with Crippen LogP contribution < -0.4 is 0 Å². The number of rotatable bonds is 8. The van der Waals surface area contributed by atoms with Gasteiger partial charge in [-0.05, 0) is 24.7 Å². The van der Waals surface area contributed by atoms with Crippen molar-refractivity contribution in [2.24, 2.45) is 17.0 Å². The maximum absolute atomic E-state index is 10.8. The molecule has 2 nitrogen and oxygen atoms in total. The molecule has 2 atom stereocenters. The molecule has 0 radical (unpaired) electrons. The Morgan fingerprint density at radius 1 is 1.21 bits per heavy atom. The second-order valence-corrected chi connectivity index (χ2v) is 4.61. The number of nitrogens with zero attached hydrogens (tertiary/aromatic N) is 1. The van der Waals surface area contributed by atoms with E-state index < -0.39 is 0 Å². The molecule has 2 unspecified atom stereocenters. The van der Waals surface area contributed by atoms with Gasteiger partial charge in [0, 0.05) is 0 Å². The van der Waals surface area contributed by atoms with E-state index in [4.69, 9.17) is 0 Å². The fourth-order valence-corrected chi connectivity index (χ4v) is 1.94. The molecule has 0 aliphatic carbocycles. The molecular formula is C12H25NO. The highest BCUT2D eigenvalue weighted by atomic mass is 16.3. The molecule has 2 heteroatoms. The van der Waals surface area contributed by atoms with Crippen LogP contribution in [0.5, 0.6) is 0 Å². The van der Waals surface area contributed by atoms with Crippen molar-refractivity contribution < 1.29 is 0 Å². The van der Waals surface area contributed by atoms with Crippen molar-refractivity contribution in [1.29, 1.82) is 0 Å². The summed E-state index contributed by atoms with van der Waals surface area (Å²) in [5, 5.41) is 3.30. The van der Waals surface area contributed by atoms with Crippen molar-refractivity contribution in [1.82, 2.24) is 0 Å². The monoisotopic (exact) mass is 199 g/mol. The van der Waals surface area contributed by atoms with Gasteiger partial charge in [-0.15, -0.1) is 0 Å². The van der Waals surface area contributed by atoms with Crippen LogP contribution in [0.3, 0.4) is 0 Å². The highest BCUT2D eigenvalue weighted by molar-refractivity contribution is 4.76. The van der Waals surface area contributed by atoms with Gasteiger partial charge in [0.25, 0.3) is 0 Å². The first-order valence-electron chi connectivity index (χ1n) is 5.98. The molecule has 0 spiro atoms. The van der Waals surface area contributed by atoms with Crippen LogP contribution in [-0.2, 0) is 0 Å². The summed E-state index contributed by atoms with van der Waals surface area (Å²) in [6.07, 6.45) is 5.64. The first-order valence-corrected chi connectivity index (χ1v) is 5.98. The summed E-state index contributed by atoms with van der Waals surface area (Å²) in [7, 11) is 0. The van der Waals surface area contributed by atoms with Gasteiger partial charge < -0.3 is 0 Å². The molecule has 0 saturated heterocycles. The van der Waals surface area contributed by atoms with Crippen LogP contribution in [0, 0.1) is 16.7 Å². The molecule has 0 aromatic carbocycles. The molecule has 0 aromatic heterocycles. The molecule has 0 bridgehead atoms. The first kappa shape index (κ1) is 13.6. The van der Waals surface area contributed by atoms with Crippen molar-refractivity contribution in [3.8, 4) is 0 Å². The Bertz CT molecular complexity index is 145. The second-order valence-electron chi connectivity index (χ2n) is 4.61. The van der Waals surface area contributed by atoms with E-state index in [9.17, 15) is 4.91 Å². The number of unbranched alkanes of at least 4 members (excludes halogenated alkanes) is 1. The van der Waals surface area contributed by atoms with Crippen LogP contribution in [-0.4, -0.2) is 6.04 Å². The predicted octanol–water partition coefficient (Wildman–Crippen LogP) is 4.38. The van der Waals surface area contributed by atoms with Crippen molar-refractivity contribution in [3.63, 3.8) is 0 Å². The lowest BCUT2D eigenvalue weighted by atomic mass is 9.87. The van der Waals surface area contributed by atoms with Crippen molar-refractivity contribution in [3.05, 3.63) is 4.91 Å². The van der Waals surface area contributed by atoms with Crippen molar-refractivity contribution in [2.45, 2.75) is 65.8 Å². The molecule has 0 aliphatic rings. The van der Waals surface area contributed by atoms with Gasteiger partial charge in [-0.1, -0.05) is 52.1 Å². The third-order valence-electron chi connectivity index (χ3n) is 2.85. The van der Waals surface area contributed by atoms with Gasteiger partial charge in [0.05, 0.1) is 6.04 Å². The van der Waals surface area contributed by atoms with Crippen LogP contribution in [0.2, 0.25) is 0 Å². The van der Waals surface area contributed by atoms with Gasteiger partial charge in [0.2, 0.25) is 0 Å². The summed E-state index contributed by atoms with van der Waals surface area (Å²) in [5.41, 5.74) is 0. The van der Waals surface area contributed by atoms with Crippen LogP contribution in [0.15, 0.2) is 5.18 Å². The molecule has 0 heterocycles. The zero-order valence-electron chi connectivity index (χ0n) is 10.1. The van der Waals surface area contributed by atoms with Crippen LogP contribution in [0.4, 0.5) is 0 Å². The van der Waals surface area contributed by atoms with E-state index >= 15 is 0 Å². The highest BCUT2D eigenvalue weighted by Crippen LogP contribution is 2.24. The smallest absolute Gasteiger partial charge is 0.0950 e. The maximum Gasteiger partial charge on any atom is 0.0950 e. The summed E-state index contributed by atoms with van der Waals surface area (Å²) >= 11 is 0. The fourth-order valence-electron chi connectivity index (χ4n) is 1.94. The average Bonchev–Trinajstić information content (AvgIpc) is 2.16. The standard InChI is InChI=1S/C12H25NO/c1-5-7-8-11(6-2)12(13-14)9-10(3)4/h10-12H,5-9H2,1-4H3.